The highest BCUT2D eigenvalue weighted by Crippen LogP contribution is 2.21. The van der Waals surface area contributed by atoms with Gasteiger partial charge in [-0.2, -0.15) is 0 Å². The Balaban J connectivity index is 1.63. The molecule has 0 saturated heterocycles. The van der Waals surface area contributed by atoms with Gasteiger partial charge in [0.15, 0.2) is 0 Å². The molecule has 0 heteroatoms. The first kappa shape index (κ1) is 21.3. The molecule has 27 heavy (non-hydrogen) atoms. The van der Waals surface area contributed by atoms with Crippen LogP contribution in [-0.4, -0.2) is 0 Å². The number of unbranched alkanes of at least 4 members (excludes halogenated alkanes) is 9. The Kier molecular flexibility index (Phi) is 10.4. The summed E-state index contributed by atoms with van der Waals surface area (Å²) in [5.74, 6) is 0. The monoisotopic (exact) mass is 360 g/mol. The number of benzene rings is 2. The predicted molar refractivity (Wildman–Crippen MR) is 121 cm³/mol. The fourth-order valence-electron chi connectivity index (χ4n) is 3.57. The standard InChI is InChI=1S/C27H36/c1-3-5-6-7-8-9-10-11-12-13-15-25-18-22-27(23-19-25)26-20-16-24(14-4-2)17-21-26/h14,16-23H,2-3,5-13,15H2,1H3. The summed E-state index contributed by atoms with van der Waals surface area (Å²) in [5, 5.41) is 0. The van der Waals surface area contributed by atoms with E-state index in [2.05, 4.69) is 67.8 Å². The topological polar surface area (TPSA) is 0 Å². The van der Waals surface area contributed by atoms with Crippen LogP contribution in [0.2, 0.25) is 0 Å². The summed E-state index contributed by atoms with van der Waals surface area (Å²) in [5.41, 5.74) is 7.98. The summed E-state index contributed by atoms with van der Waals surface area (Å²) in [7, 11) is 0. The number of rotatable bonds is 13. The molecule has 0 amide bonds. The highest BCUT2D eigenvalue weighted by Gasteiger charge is 1.99. The van der Waals surface area contributed by atoms with Crippen LogP contribution in [0.15, 0.2) is 60.8 Å². The zero-order valence-electron chi connectivity index (χ0n) is 17.2. The highest BCUT2D eigenvalue weighted by atomic mass is 14.0. The molecule has 0 aliphatic carbocycles. The molecule has 0 aliphatic rings. The van der Waals surface area contributed by atoms with Gasteiger partial charge in [0, 0.05) is 0 Å². The van der Waals surface area contributed by atoms with Crippen molar-refractivity contribution in [1.29, 1.82) is 0 Å². The Morgan fingerprint density at radius 2 is 1.15 bits per heavy atom. The number of aryl methyl sites for hydroxylation is 1. The largest absolute Gasteiger partial charge is 0.128 e. The molecule has 0 aliphatic heterocycles. The molecular formula is C27H36. The van der Waals surface area contributed by atoms with Gasteiger partial charge in [-0.3, -0.25) is 0 Å². The van der Waals surface area contributed by atoms with E-state index in [1.165, 1.54) is 87.3 Å². The molecule has 2 aromatic rings. The Morgan fingerprint density at radius 3 is 1.67 bits per heavy atom. The normalized spacial score (nSPS) is 10.6. The van der Waals surface area contributed by atoms with E-state index < -0.39 is 0 Å². The second-order valence-corrected chi connectivity index (χ2v) is 7.60. The molecule has 0 fully saturated rings. The second-order valence-electron chi connectivity index (χ2n) is 7.60. The van der Waals surface area contributed by atoms with Gasteiger partial charge in [-0.25, -0.2) is 0 Å². The van der Waals surface area contributed by atoms with Gasteiger partial charge in [-0.1, -0.05) is 120 Å². The molecule has 0 unspecified atom stereocenters. The maximum atomic E-state index is 3.62. The van der Waals surface area contributed by atoms with Crippen molar-refractivity contribution in [2.24, 2.45) is 0 Å². The van der Waals surface area contributed by atoms with Gasteiger partial charge in [0.2, 0.25) is 0 Å². The zero-order valence-corrected chi connectivity index (χ0v) is 17.2. The zero-order chi connectivity index (χ0) is 19.2. The van der Waals surface area contributed by atoms with Gasteiger partial charge < -0.3 is 0 Å². The third kappa shape index (κ3) is 8.46. The Morgan fingerprint density at radius 1 is 0.667 bits per heavy atom. The van der Waals surface area contributed by atoms with Crippen LogP contribution >= 0.6 is 0 Å². The molecule has 2 rings (SSSR count). The van der Waals surface area contributed by atoms with Crippen molar-refractivity contribution in [2.45, 2.75) is 77.6 Å². The van der Waals surface area contributed by atoms with Crippen LogP contribution < -0.4 is 0 Å². The predicted octanol–water partition coefficient (Wildman–Crippen LogP) is 8.62. The number of hydrogen-bond donors (Lipinski definition) is 0. The van der Waals surface area contributed by atoms with Gasteiger partial charge in [0.25, 0.3) is 0 Å². The van der Waals surface area contributed by atoms with Crippen molar-refractivity contribution >= 4 is 6.08 Å². The molecule has 0 aromatic heterocycles. The summed E-state index contributed by atoms with van der Waals surface area (Å²) >= 11 is 0. The van der Waals surface area contributed by atoms with E-state index >= 15 is 0 Å². The summed E-state index contributed by atoms with van der Waals surface area (Å²) in [6, 6.07) is 17.7. The van der Waals surface area contributed by atoms with Gasteiger partial charge in [0.05, 0.1) is 0 Å². The van der Waals surface area contributed by atoms with Gasteiger partial charge in [-0.05, 0) is 41.2 Å². The SMILES string of the molecule is C=C=Cc1ccc(-c2ccc(CCCCCCCCCCCC)cc2)cc1. The summed E-state index contributed by atoms with van der Waals surface area (Å²) in [4.78, 5) is 0. The lowest BCUT2D eigenvalue weighted by molar-refractivity contribution is 0.556. The summed E-state index contributed by atoms with van der Waals surface area (Å²) in [6.45, 7) is 5.91. The van der Waals surface area contributed by atoms with Crippen molar-refractivity contribution < 1.29 is 0 Å². The average Bonchev–Trinajstić information content (AvgIpc) is 2.71. The van der Waals surface area contributed by atoms with E-state index in [0.717, 1.165) is 5.56 Å². The van der Waals surface area contributed by atoms with Crippen LogP contribution in [0.1, 0.15) is 82.3 Å². The fraction of sp³-hybridized carbons (Fsp3) is 0.444. The van der Waals surface area contributed by atoms with E-state index in [1.54, 1.807) is 0 Å². The fourth-order valence-corrected chi connectivity index (χ4v) is 3.57. The first-order valence-electron chi connectivity index (χ1n) is 10.9. The van der Waals surface area contributed by atoms with Crippen molar-refractivity contribution in [3.05, 3.63) is 72.0 Å². The molecule has 0 spiro atoms. The van der Waals surface area contributed by atoms with Gasteiger partial charge >= 0.3 is 0 Å². The minimum atomic E-state index is 1.14. The number of hydrogen-bond acceptors (Lipinski definition) is 0. The van der Waals surface area contributed by atoms with E-state index in [0.29, 0.717) is 0 Å². The van der Waals surface area contributed by atoms with Crippen molar-refractivity contribution in [1.82, 2.24) is 0 Å². The Hall–Kier alpha value is -2.04. The van der Waals surface area contributed by atoms with Crippen molar-refractivity contribution in [2.75, 3.05) is 0 Å². The Labute approximate surface area is 167 Å². The third-order valence-electron chi connectivity index (χ3n) is 5.29. The molecule has 2 aromatic carbocycles. The first-order valence-corrected chi connectivity index (χ1v) is 10.9. The van der Waals surface area contributed by atoms with E-state index in [9.17, 15) is 0 Å². The van der Waals surface area contributed by atoms with E-state index in [1.807, 2.05) is 6.08 Å². The maximum Gasteiger partial charge on any atom is -0.0133 e. The highest BCUT2D eigenvalue weighted by molar-refractivity contribution is 5.65. The minimum absolute atomic E-state index is 1.14. The molecule has 0 nitrogen and oxygen atoms in total. The van der Waals surface area contributed by atoms with Crippen LogP contribution in [0.4, 0.5) is 0 Å². The Bertz CT molecular complexity index is 669. The molecule has 0 heterocycles. The van der Waals surface area contributed by atoms with E-state index in [-0.39, 0.29) is 0 Å². The quantitative estimate of drug-likeness (QED) is 0.248. The second kappa shape index (κ2) is 13.2. The van der Waals surface area contributed by atoms with Gasteiger partial charge in [0.1, 0.15) is 0 Å². The molecule has 0 radical (unpaired) electrons. The summed E-state index contributed by atoms with van der Waals surface area (Å²) < 4.78 is 0. The van der Waals surface area contributed by atoms with Crippen LogP contribution in [0.25, 0.3) is 17.2 Å². The molecule has 0 bridgehead atoms. The minimum Gasteiger partial charge on any atom is -0.128 e. The lowest BCUT2D eigenvalue weighted by atomic mass is 10.00. The van der Waals surface area contributed by atoms with Crippen molar-refractivity contribution in [3.63, 3.8) is 0 Å². The summed E-state index contributed by atoms with van der Waals surface area (Å²) in [6.07, 6.45) is 17.1. The first-order chi connectivity index (χ1) is 13.3. The lowest BCUT2D eigenvalue weighted by Gasteiger charge is -2.06. The third-order valence-corrected chi connectivity index (χ3v) is 5.29. The molecular weight excluding hydrogens is 324 g/mol. The van der Waals surface area contributed by atoms with Crippen LogP contribution in [0.3, 0.4) is 0 Å². The van der Waals surface area contributed by atoms with Crippen LogP contribution in [-0.2, 0) is 6.42 Å². The van der Waals surface area contributed by atoms with Crippen LogP contribution in [0.5, 0.6) is 0 Å². The molecule has 0 atom stereocenters. The smallest absolute Gasteiger partial charge is 0.0133 e. The van der Waals surface area contributed by atoms with Crippen LogP contribution in [0, 0.1) is 0 Å². The average molecular weight is 361 g/mol. The van der Waals surface area contributed by atoms with Gasteiger partial charge in [-0.15, -0.1) is 5.73 Å². The van der Waals surface area contributed by atoms with E-state index in [4.69, 9.17) is 0 Å². The lowest BCUT2D eigenvalue weighted by Crippen LogP contribution is -1.87. The molecule has 0 saturated carbocycles. The maximum absolute atomic E-state index is 3.62. The van der Waals surface area contributed by atoms with Crippen molar-refractivity contribution in [3.8, 4) is 11.1 Å². The molecule has 0 N–H and O–H groups in total. The molecule has 144 valence electrons.